The lowest BCUT2D eigenvalue weighted by Crippen LogP contribution is -2.12. The predicted molar refractivity (Wildman–Crippen MR) is 76.0 cm³/mol. The number of hydrogen-bond acceptors (Lipinski definition) is 4. The Balaban J connectivity index is 1.74. The summed E-state index contributed by atoms with van der Waals surface area (Å²) >= 11 is 0. The Labute approximate surface area is 113 Å². The first-order valence-corrected chi connectivity index (χ1v) is 6.22. The number of nitrogens with one attached hydrogen (secondary N) is 1. The summed E-state index contributed by atoms with van der Waals surface area (Å²) in [6.45, 7) is 3.27. The average Bonchev–Trinajstić information content (AvgIpc) is 2.44. The number of aryl methyl sites for hydroxylation is 1. The van der Waals surface area contributed by atoms with E-state index in [0.717, 1.165) is 23.0 Å². The van der Waals surface area contributed by atoms with E-state index in [9.17, 15) is 0 Å². The van der Waals surface area contributed by atoms with Crippen LogP contribution in [0.4, 0.5) is 5.82 Å². The normalized spacial score (nSPS) is 10.0. The summed E-state index contributed by atoms with van der Waals surface area (Å²) in [7, 11) is 1.65. The molecule has 0 radical (unpaired) electrons. The van der Waals surface area contributed by atoms with E-state index in [1.165, 1.54) is 0 Å². The van der Waals surface area contributed by atoms with E-state index < -0.39 is 0 Å². The molecule has 2 aromatic rings. The molecule has 0 fully saturated rings. The molecule has 0 bridgehead atoms. The second-order valence-corrected chi connectivity index (χ2v) is 4.11. The van der Waals surface area contributed by atoms with Crippen molar-refractivity contribution in [3.05, 3.63) is 48.2 Å². The lowest BCUT2D eigenvalue weighted by molar-refractivity contribution is 0.331. The Morgan fingerprint density at radius 1 is 1.05 bits per heavy atom. The number of benzene rings is 1. The van der Waals surface area contributed by atoms with Crippen LogP contribution in [-0.2, 0) is 0 Å². The Morgan fingerprint density at radius 2 is 1.79 bits per heavy atom. The maximum atomic E-state index is 5.61. The van der Waals surface area contributed by atoms with Crippen LogP contribution >= 0.6 is 0 Å². The number of nitrogens with zero attached hydrogens (tertiary/aromatic N) is 1. The maximum Gasteiger partial charge on any atom is 0.126 e. The van der Waals surface area contributed by atoms with Gasteiger partial charge in [-0.05, 0) is 43.3 Å². The number of hydrogen-bond donors (Lipinski definition) is 1. The minimum Gasteiger partial charge on any atom is -0.497 e. The fraction of sp³-hybridized carbons (Fsp3) is 0.267. The molecule has 0 amide bonds. The molecular formula is C15H18N2O2. The van der Waals surface area contributed by atoms with Crippen molar-refractivity contribution in [3.63, 3.8) is 0 Å². The standard InChI is InChI=1S/C15H18N2O2/c1-12-4-3-5-15(17-12)16-10-11-19-14-8-6-13(18-2)7-9-14/h3-9H,10-11H2,1-2H3,(H,16,17). The molecule has 0 saturated carbocycles. The van der Waals surface area contributed by atoms with Gasteiger partial charge in [0.25, 0.3) is 0 Å². The van der Waals surface area contributed by atoms with Gasteiger partial charge in [0.05, 0.1) is 13.7 Å². The summed E-state index contributed by atoms with van der Waals surface area (Å²) in [5.74, 6) is 2.53. The van der Waals surface area contributed by atoms with Gasteiger partial charge in [0.15, 0.2) is 0 Å². The van der Waals surface area contributed by atoms with Gasteiger partial charge in [-0.15, -0.1) is 0 Å². The van der Waals surface area contributed by atoms with Gasteiger partial charge < -0.3 is 14.8 Å². The van der Waals surface area contributed by atoms with Gasteiger partial charge in [0.2, 0.25) is 0 Å². The highest BCUT2D eigenvalue weighted by Gasteiger charge is 1.96. The van der Waals surface area contributed by atoms with Crippen LogP contribution in [0.25, 0.3) is 0 Å². The number of aromatic nitrogens is 1. The Hall–Kier alpha value is -2.23. The average molecular weight is 258 g/mol. The summed E-state index contributed by atoms with van der Waals surface area (Å²) in [5.41, 5.74) is 1.00. The lowest BCUT2D eigenvalue weighted by atomic mass is 10.3. The molecule has 0 aliphatic heterocycles. The van der Waals surface area contributed by atoms with Crippen molar-refractivity contribution in [2.24, 2.45) is 0 Å². The molecule has 0 aliphatic rings. The summed E-state index contributed by atoms with van der Waals surface area (Å²) in [6.07, 6.45) is 0. The van der Waals surface area contributed by atoms with Gasteiger partial charge in [0, 0.05) is 5.69 Å². The highest BCUT2D eigenvalue weighted by Crippen LogP contribution is 2.16. The van der Waals surface area contributed by atoms with Crippen molar-refractivity contribution in [3.8, 4) is 11.5 Å². The van der Waals surface area contributed by atoms with E-state index >= 15 is 0 Å². The summed E-state index contributed by atoms with van der Waals surface area (Å²) in [6, 6.07) is 13.4. The second-order valence-electron chi connectivity index (χ2n) is 4.11. The Kier molecular flexibility index (Phi) is 4.61. The first-order chi connectivity index (χ1) is 9.28. The van der Waals surface area contributed by atoms with E-state index in [1.807, 2.05) is 49.4 Å². The quantitative estimate of drug-likeness (QED) is 0.809. The molecule has 2 rings (SSSR count). The van der Waals surface area contributed by atoms with Crippen molar-refractivity contribution in [1.82, 2.24) is 4.98 Å². The van der Waals surface area contributed by atoms with Crippen LogP contribution in [0.5, 0.6) is 11.5 Å². The number of pyridine rings is 1. The fourth-order valence-corrected chi connectivity index (χ4v) is 1.66. The van der Waals surface area contributed by atoms with E-state index in [4.69, 9.17) is 9.47 Å². The van der Waals surface area contributed by atoms with E-state index in [1.54, 1.807) is 7.11 Å². The molecule has 0 spiro atoms. The highest BCUT2D eigenvalue weighted by molar-refractivity contribution is 5.35. The molecule has 1 aromatic carbocycles. The molecule has 0 saturated heterocycles. The van der Waals surface area contributed by atoms with Crippen molar-refractivity contribution in [1.29, 1.82) is 0 Å². The zero-order valence-electron chi connectivity index (χ0n) is 11.2. The molecular weight excluding hydrogens is 240 g/mol. The third-order valence-corrected chi connectivity index (χ3v) is 2.62. The highest BCUT2D eigenvalue weighted by atomic mass is 16.5. The van der Waals surface area contributed by atoms with Crippen LogP contribution in [0, 0.1) is 6.92 Å². The van der Waals surface area contributed by atoms with Crippen LogP contribution in [0.3, 0.4) is 0 Å². The maximum absolute atomic E-state index is 5.61. The molecule has 1 heterocycles. The third-order valence-electron chi connectivity index (χ3n) is 2.62. The molecule has 0 unspecified atom stereocenters. The van der Waals surface area contributed by atoms with E-state index in [2.05, 4.69) is 10.3 Å². The largest absolute Gasteiger partial charge is 0.497 e. The smallest absolute Gasteiger partial charge is 0.126 e. The Bertz CT molecular complexity index is 512. The number of methoxy groups -OCH3 is 1. The zero-order valence-corrected chi connectivity index (χ0v) is 11.2. The molecule has 4 nitrogen and oxygen atoms in total. The van der Waals surface area contributed by atoms with Crippen molar-refractivity contribution in [2.45, 2.75) is 6.92 Å². The van der Waals surface area contributed by atoms with Crippen molar-refractivity contribution >= 4 is 5.82 Å². The van der Waals surface area contributed by atoms with Gasteiger partial charge in [-0.1, -0.05) is 6.07 Å². The van der Waals surface area contributed by atoms with Gasteiger partial charge in [-0.2, -0.15) is 0 Å². The van der Waals surface area contributed by atoms with Gasteiger partial charge in [0.1, 0.15) is 23.9 Å². The van der Waals surface area contributed by atoms with Crippen LogP contribution in [0.15, 0.2) is 42.5 Å². The van der Waals surface area contributed by atoms with Crippen molar-refractivity contribution < 1.29 is 9.47 Å². The Morgan fingerprint density at radius 3 is 2.47 bits per heavy atom. The molecule has 1 N–H and O–H groups in total. The van der Waals surface area contributed by atoms with Crippen LogP contribution in [0.1, 0.15) is 5.69 Å². The van der Waals surface area contributed by atoms with Crippen LogP contribution in [0.2, 0.25) is 0 Å². The topological polar surface area (TPSA) is 43.4 Å². The molecule has 0 aliphatic carbocycles. The monoisotopic (exact) mass is 258 g/mol. The number of anilines is 1. The fourth-order valence-electron chi connectivity index (χ4n) is 1.66. The van der Waals surface area contributed by atoms with Crippen LogP contribution < -0.4 is 14.8 Å². The third kappa shape index (κ3) is 4.17. The summed E-state index contributed by atoms with van der Waals surface area (Å²) < 4.78 is 10.7. The van der Waals surface area contributed by atoms with Gasteiger partial charge >= 0.3 is 0 Å². The number of ether oxygens (including phenoxy) is 2. The summed E-state index contributed by atoms with van der Waals surface area (Å²) in [4.78, 5) is 4.36. The van der Waals surface area contributed by atoms with Crippen LogP contribution in [-0.4, -0.2) is 25.2 Å². The molecule has 100 valence electrons. The first kappa shape index (κ1) is 13.2. The minimum absolute atomic E-state index is 0.585. The van der Waals surface area contributed by atoms with E-state index in [-0.39, 0.29) is 0 Å². The lowest BCUT2D eigenvalue weighted by Gasteiger charge is -2.09. The molecule has 0 atom stereocenters. The molecule has 19 heavy (non-hydrogen) atoms. The summed E-state index contributed by atoms with van der Waals surface area (Å²) in [5, 5.41) is 3.22. The van der Waals surface area contributed by atoms with Gasteiger partial charge in [-0.25, -0.2) is 4.98 Å². The second kappa shape index (κ2) is 6.64. The number of rotatable bonds is 6. The van der Waals surface area contributed by atoms with Gasteiger partial charge in [-0.3, -0.25) is 0 Å². The SMILES string of the molecule is COc1ccc(OCCNc2cccc(C)n2)cc1. The van der Waals surface area contributed by atoms with E-state index in [0.29, 0.717) is 13.2 Å². The zero-order chi connectivity index (χ0) is 13.5. The first-order valence-electron chi connectivity index (χ1n) is 6.22. The van der Waals surface area contributed by atoms with Crippen molar-refractivity contribution in [2.75, 3.05) is 25.6 Å². The molecule has 1 aromatic heterocycles. The minimum atomic E-state index is 0.585. The molecule has 4 heteroatoms. The predicted octanol–water partition coefficient (Wildman–Crippen LogP) is 2.89.